The predicted molar refractivity (Wildman–Crippen MR) is 75.4 cm³/mol. The monoisotopic (exact) mass is 312 g/mol. The van der Waals surface area contributed by atoms with Crippen molar-refractivity contribution in [1.82, 2.24) is 4.57 Å². The van der Waals surface area contributed by atoms with Gasteiger partial charge in [0.15, 0.2) is 0 Å². The van der Waals surface area contributed by atoms with E-state index in [0.717, 1.165) is 28.0 Å². The summed E-state index contributed by atoms with van der Waals surface area (Å²) in [4.78, 5) is 0. The first kappa shape index (κ1) is 12.7. The summed E-state index contributed by atoms with van der Waals surface area (Å²) >= 11 is 9.61. The Morgan fingerprint density at radius 1 is 1.29 bits per heavy atom. The second kappa shape index (κ2) is 5.71. The molecule has 0 saturated heterocycles. The number of rotatable bonds is 4. The van der Waals surface area contributed by atoms with Crippen LogP contribution in [0.15, 0.2) is 41.0 Å². The Balaban J connectivity index is 2.22. The summed E-state index contributed by atoms with van der Waals surface area (Å²) in [5.41, 5.74) is 7.94. The van der Waals surface area contributed by atoms with Gasteiger partial charge in [0.05, 0.1) is 0 Å². The highest BCUT2D eigenvalue weighted by molar-refractivity contribution is 9.10. The average molecular weight is 314 g/mol. The Hall–Kier alpha value is -0.770. The van der Waals surface area contributed by atoms with E-state index in [1.54, 1.807) is 0 Å². The van der Waals surface area contributed by atoms with Gasteiger partial charge in [-0.1, -0.05) is 33.6 Å². The highest BCUT2D eigenvalue weighted by Crippen LogP contribution is 2.22. The van der Waals surface area contributed by atoms with Gasteiger partial charge < -0.3 is 10.3 Å². The van der Waals surface area contributed by atoms with E-state index in [9.17, 15) is 0 Å². The Morgan fingerprint density at radius 2 is 2.12 bits per heavy atom. The first-order chi connectivity index (χ1) is 8.20. The molecule has 0 saturated carbocycles. The molecule has 1 heterocycles. The van der Waals surface area contributed by atoms with E-state index in [1.165, 1.54) is 5.69 Å². The average Bonchev–Trinajstić information content (AvgIpc) is 2.71. The van der Waals surface area contributed by atoms with Crippen LogP contribution in [-0.2, 0) is 13.0 Å². The van der Waals surface area contributed by atoms with Gasteiger partial charge in [-0.05, 0) is 42.8 Å². The minimum Gasteiger partial charge on any atom is -0.347 e. The summed E-state index contributed by atoms with van der Waals surface area (Å²) in [6.07, 6.45) is 2.95. The zero-order valence-corrected chi connectivity index (χ0v) is 11.7. The van der Waals surface area contributed by atoms with Crippen molar-refractivity contribution in [1.29, 1.82) is 0 Å². The zero-order valence-electron chi connectivity index (χ0n) is 9.37. The number of nitrogens with zero attached hydrogens (tertiary/aromatic N) is 1. The molecule has 0 atom stereocenters. The molecule has 2 rings (SSSR count). The normalized spacial score (nSPS) is 10.8. The zero-order chi connectivity index (χ0) is 12.3. The van der Waals surface area contributed by atoms with Crippen molar-refractivity contribution >= 4 is 27.5 Å². The fourth-order valence-electron chi connectivity index (χ4n) is 1.81. The number of nitrogens with two attached hydrogens (primary N) is 1. The van der Waals surface area contributed by atoms with Gasteiger partial charge in [0.2, 0.25) is 0 Å². The van der Waals surface area contributed by atoms with Crippen LogP contribution in [0.4, 0.5) is 0 Å². The van der Waals surface area contributed by atoms with Crippen LogP contribution >= 0.6 is 27.5 Å². The molecule has 4 heteroatoms. The van der Waals surface area contributed by atoms with Crippen LogP contribution < -0.4 is 5.73 Å². The van der Waals surface area contributed by atoms with Gasteiger partial charge in [0.25, 0.3) is 0 Å². The predicted octanol–water partition coefficient (Wildman–Crippen LogP) is 3.45. The maximum Gasteiger partial charge on any atom is 0.0487 e. The molecule has 0 aliphatic carbocycles. The number of benzene rings is 1. The minimum absolute atomic E-state index is 0.665. The number of aromatic nitrogens is 1. The third-order valence-corrected chi connectivity index (χ3v) is 3.52. The van der Waals surface area contributed by atoms with Gasteiger partial charge in [0.1, 0.15) is 0 Å². The fraction of sp³-hybridized carbons (Fsp3) is 0.231. The first-order valence-corrected chi connectivity index (χ1v) is 6.66. The highest BCUT2D eigenvalue weighted by atomic mass is 79.9. The maximum atomic E-state index is 6.21. The lowest BCUT2D eigenvalue weighted by molar-refractivity contribution is 0.736. The van der Waals surface area contributed by atoms with Crippen molar-refractivity contribution in [2.24, 2.45) is 5.73 Å². The molecule has 2 N–H and O–H groups in total. The second-order valence-corrected chi connectivity index (χ2v) is 5.22. The van der Waals surface area contributed by atoms with E-state index in [0.29, 0.717) is 6.54 Å². The molecule has 1 aromatic heterocycles. The van der Waals surface area contributed by atoms with E-state index < -0.39 is 0 Å². The second-order valence-electron chi connectivity index (χ2n) is 3.90. The van der Waals surface area contributed by atoms with Crippen LogP contribution in [0.3, 0.4) is 0 Å². The van der Waals surface area contributed by atoms with Crippen LogP contribution in [0.5, 0.6) is 0 Å². The third kappa shape index (κ3) is 3.12. The van der Waals surface area contributed by atoms with Crippen molar-refractivity contribution in [2.45, 2.75) is 13.0 Å². The number of hydrogen-bond donors (Lipinski definition) is 1. The van der Waals surface area contributed by atoms with E-state index in [1.807, 2.05) is 24.3 Å². The molecule has 2 aromatic rings. The van der Waals surface area contributed by atoms with Gasteiger partial charge in [-0.2, -0.15) is 0 Å². The van der Waals surface area contributed by atoms with Crippen LogP contribution in [-0.4, -0.2) is 11.1 Å². The van der Waals surface area contributed by atoms with E-state index >= 15 is 0 Å². The van der Waals surface area contributed by atoms with Crippen LogP contribution in [0.1, 0.15) is 11.3 Å². The van der Waals surface area contributed by atoms with Gasteiger partial charge in [-0.25, -0.2) is 0 Å². The molecule has 0 aliphatic heterocycles. The Kier molecular flexibility index (Phi) is 4.26. The van der Waals surface area contributed by atoms with Crippen molar-refractivity contribution < 1.29 is 0 Å². The van der Waals surface area contributed by atoms with Gasteiger partial charge >= 0.3 is 0 Å². The Morgan fingerprint density at radius 3 is 2.82 bits per heavy atom. The summed E-state index contributed by atoms with van der Waals surface area (Å²) < 4.78 is 3.18. The molecule has 0 spiro atoms. The molecule has 0 fully saturated rings. The molecule has 1 aromatic carbocycles. The number of halogens is 2. The summed E-state index contributed by atoms with van der Waals surface area (Å²) in [5, 5.41) is 0.784. The van der Waals surface area contributed by atoms with Gasteiger partial charge in [0, 0.05) is 27.9 Å². The lowest BCUT2D eigenvalue weighted by atomic mass is 10.2. The lowest BCUT2D eigenvalue weighted by Gasteiger charge is -2.10. The molecule has 17 heavy (non-hydrogen) atoms. The van der Waals surface area contributed by atoms with E-state index in [2.05, 4.69) is 32.8 Å². The SMILES string of the molecule is NCCc1cccn1Cc1ccc(Br)cc1Cl. The molecule has 0 amide bonds. The van der Waals surface area contributed by atoms with E-state index in [4.69, 9.17) is 17.3 Å². The van der Waals surface area contributed by atoms with Crippen LogP contribution in [0.25, 0.3) is 0 Å². The van der Waals surface area contributed by atoms with Crippen LogP contribution in [0, 0.1) is 0 Å². The smallest absolute Gasteiger partial charge is 0.0487 e. The summed E-state index contributed by atoms with van der Waals surface area (Å²) in [6, 6.07) is 10.1. The molecule has 0 bridgehead atoms. The molecule has 0 aliphatic rings. The lowest BCUT2D eigenvalue weighted by Crippen LogP contribution is -2.09. The van der Waals surface area contributed by atoms with Gasteiger partial charge in [-0.15, -0.1) is 0 Å². The summed E-state index contributed by atoms with van der Waals surface area (Å²) in [6.45, 7) is 1.45. The first-order valence-electron chi connectivity index (χ1n) is 5.48. The van der Waals surface area contributed by atoms with Crippen LogP contribution in [0.2, 0.25) is 5.02 Å². The molecule has 0 radical (unpaired) electrons. The molecule has 2 nitrogen and oxygen atoms in total. The van der Waals surface area contributed by atoms with E-state index in [-0.39, 0.29) is 0 Å². The number of hydrogen-bond acceptors (Lipinski definition) is 1. The van der Waals surface area contributed by atoms with Crippen molar-refractivity contribution in [3.05, 3.63) is 57.3 Å². The molecular weight excluding hydrogens is 300 g/mol. The quantitative estimate of drug-likeness (QED) is 0.921. The maximum absolute atomic E-state index is 6.21. The van der Waals surface area contributed by atoms with Gasteiger partial charge in [-0.3, -0.25) is 0 Å². The summed E-state index contributed by atoms with van der Waals surface area (Å²) in [5.74, 6) is 0. The van der Waals surface area contributed by atoms with Crippen molar-refractivity contribution in [3.63, 3.8) is 0 Å². The fourth-order valence-corrected chi connectivity index (χ4v) is 2.55. The minimum atomic E-state index is 0.665. The van der Waals surface area contributed by atoms with Crippen molar-refractivity contribution in [3.8, 4) is 0 Å². The summed E-state index contributed by atoms with van der Waals surface area (Å²) in [7, 11) is 0. The van der Waals surface area contributed by atoms with Crippen molar-refractivity contribution in [2.75, 3.05) is 6.54 Å². The molecular formula is C13H14BrClN2. The topological polar surface area (TPSA) is 30.9 Å². The Bertz CT molecular complexity index is 508. The Labute approximate surface area is 115 Å². The standard InChI is InChI=1S/C13H14BrClN2/c14-11-4-3-10(13(15)8-11)9-17-7-1-2-12(17)5-6-16/h1-4,7-8H,5-6,9,16H2. The third-order valence-electron chi connectivity index (χ3n) is 2.68. The molecule has 0 unspecified atom stereocenters. The largest absolute Gasteiger partial charge is 0.347 e. The molecule has 90 valence electrons. The highest BCUT2D eigenvalue weighted by Gasteiger charge is 2.04.